The molecule has 5 aliphatic rings. The molecule has 0 amide bonds. The molecule has 0 saturated carbocycles. The number of hydrogen-bond acceptors (Lipinski definition) is 6. The van der Waals surface area contributed by atoms with Crippen molar-refractivity contribution < 1.29 is 0 Å². The van der Waals surface area contributed by atoms with E-state index >= 15 is 0 Å². The van der Waals surface area contributed by atoms with E-state index in [0.29, 0.717) is 0 Å². The Morgan fingerprint density at radius 2 is 0.724 bits per heavy atom. The molecule has 0 saturated heterocycles. The smallest absolute Gasteiger partial charge is 0.252 e. The predicted octanol–water partition coefficient (Wildman–Crippen LogP) is 18.7. The van der Waals surface area contributed by atoms with E-state index in [0.717, 1.165) is 91.1 Å². The largest absolute Gasteiger partial charge is 0.312 e. The normalized spacial score (nSPS) is 15.1. The summed E-state index contributed by atoms with van der Waals surface area (Å²) in [6.45, 7) is -0.405. The van der Waals surface area contributed by atoms with Crippen molar-refractivity contribution >= 4 is 159 Å². The van der Waals surface area contributed by atoms with E-state index in [2.05, 4.69) is 387 Å². The second-order valence-electron chi connectivity index (χ2n) is 26.1. The molecule has 4 aliphatic heterocycles. The molecule has 458 valence electrons. The van der Waals surface area contributed by atoms with Crippen LogP contribution in [0.4, 0.5) is 85.4 Å². The molecule has 0 bridgehead atoms. The lowest BCUT2D eigenvalue weighted by molar-refractivity contribution is 0.672. The number of allylic oxidation sites excluding steroid dienone is 4. The maximum absolute atomic E-state index is 6.36. The summed E-state index contributed by atoms with van der Waals surface area (Å²) in [4.78, 5) is 18.8. The van der Waals surface area contributed by atoms with Crippen molar-refractivity contribution in [3.63, 3.8) is 0 Å². The summed E-state index contributed by atoms with van der Waals surface area (Å²) < 4.78 is 2.56. The zero-order chi connectivity index (χ0) is 64.4. The highest BCUT2D eigenvalue weighted by Gasteiger charge is 2.51. The van der Waals surface area contributed by atoms with Crippen LogP contribution in [-0.4, -0.2) is 23.0 Å². The molecular weight excluding hydrogens is 1190 g/mol. The van der Waals surface area contributed by atoms with Gasteiger partial charge in [-0.05, 0) is 166 Å². The van der Waals surface area contributed by atoms with Gasteiger partial charge in [-0.1, -0.05) is 224 Å². The zero-order valence-corrected chi connectivity index (χ0v) is 53.5. The minimum Gasteiger partial charge on any atom is -0.312 e. The summed E-state index contributed by atoms with van der Waals surface area (Å²) in [5, 5.41) is 2.46. The molecule has 6 heterocycles. The summed E-state index contributed by atoms with van der Waals surface area (Å²) in [5.41, 5.74) is 28.7. The van der Waals surface area contributed by atoms with Gasteiger partial charge in [0.2, 0.25) is 6.71 Å². The second kappa shape index (κ2) is 22.5. The first-order valence-corrected chi connectivity index (χ1v) is 34.0. The minimum absolute atomic E-state index is 0.184. The van der Waals surface area contributed by atoms with Crippen LogP contribution in [0.2, 0.25) is 0 Å². The number of rotatable bonds is 11. The van der Waals surface area contributed by atoms with Gasteiger partial charge in [-0.25, -0.2) is 4.98 Å². The van der Waals surface area contributed by atoms with Gasteiger partial charge in [0, 0.05) is 114 Å². The van der Waals surface area contributed by atoms with Crippen molar-refractivity contribution in [1.29, 1.82) is 0 Å². The molecule has 7 nitrogen and oxygen atoms in total. The molecule has 0 fully saturated rings. The average molecular weight is 1250 g/mol. The monoisotopic (exact) mass is 1250 g/mol. The lowest BCUT2D eigenvalue weighted by Crippen LogP contribution is -2.66. The van der Waals surface area contributed by atoms with Gasteiger partial charge in [0.15, 0.2) is 0 Å². The number of hydrogen-bond donors (Lipinski definition) is 0. The van der Waals surface area contributed by atoms with Crippen molar-refractivity contribution in [2.24, 2.45) is 5.92 Å². The standard InChI is InChI=1S/C89H61B2N7/c1-8-31-60(32-9-1)93(61-33-10-2-11-34-61)67-55-82-87-83(56-67)97(66-43-20-7-21-44-66)81-57-71-74(58-75(81)91(87)73-49-25-29-53-80(73)95(82)64-39-16-5-17-40-64)90-72-48-24-28-52-79(72)96(65-41-18-6-19-42-65)84-59-85(94(62-35-12-3-13-36-62)63-37-14-4-15-38-63)92-89(88(84)90)86(71)70-47-30-54-78(70)98-76-50-26-22-45-68(76)69-46-23-27-51-77(69)98/h1-59,70,86H. The van der Waals surface area contributed by atoms with Crippen LogP contribution in [0.1, 0.15) is 17.2 Å². The fourth-order valence-corrected chi connectivity index (χ4v) is 17.0. The van der Waals surface area contributed by atoms with Gasteiger partial charge in [-0.3, -0.25) is 4.90 Å². The van der Waals surface area contributed by atoms with E-state index in [1.165, 1.54) is 65.8 Å². The molecule has 0 radical (unpaired) electrons. The summed E-state index contributed by atoms with van der Waals surface area (Å²) in [6.07, 6.45) is 7.17. The van der Waals surface area contributed by atoms with Crippen LogP contribution in [-0.2, 0) is 0 Å². The Bertz CT molecular complexity index is 5560. The first kappa shape index (κ1) is 55.8. The molecule has 1 aliphatic carbocycles. The molecule has 98 heavy (non-hydrogen) atoms. The Labute approximate surface area is 570 Å². The lowest BCUT2D eigenvalue weighted by Gasteiger charge is -2.47. The van der Waals surface area contributed by atoms with Gasteiger partial charge in [-0.2, -0.15) is 0 Å². The van der Waals surface area contributed by atoms with Crippen molar-refractivity contribution in [1.82, 2.24) is 9.55 Å². The van der Waals surface area contributed by atoms with E-state index in [-0.39, 0.29) is 25.3 Å². The van der Waals surface area contributed by atoms with Crippen molar-refractivity contribution in [2.75, 3.05) is 24.5 Å². The molecule has 0 N–H and O–H groups in total. The molecule has 13 aromatic carbocycles. The average Bonchev–Trinajstić information content (AvgIpc) is 0.703. The van der Waals surface area contributed by atoms with Gasteiger partial charge in [-0.15, -0.1) is 0 Å². The van der Waals surface area contributed by atoms with Crippen molar-refractivity contribution in [3.8, 4) is 0 Å². The molecule has 0 spiro atoms. The number of nitrogens with zero attached hydrogens (tertiary/aromatic N) is 7. The van der Waals surface area contributed by atoms with Crippen LogP contribution >= 0.6 is 0 Å². The first-order valence-electron chi connectivity index (χ1n) is 34.0. The SMILES string of the molecule is C1=CC(C2c3cc4c(cc3B3c5ccccc5N(c5ccccc5)c5cc(N(c6ccccc6)c6ccccc6)nc2c53)B2c3ccccc3N(c3ccccc3)c3cc(N(c5ccccc5)c5ccccc5)cc(c32)N4c2ccccc2)C(n2c3ccccc3c3ccccc32)=C1. The molecule has 20 rings (SSSR count). The maximum atomic E-state index is 6.36. The van der Waals surface area contributed by atoms with Crippen molar-refractivity contribution in [2.45, 2.75) is 5.92 Å². The highest BCUT2D eigenvalue weighted by molar-refractivity contribution is 7.02. The van der Waals surface area contributed by atoms with Crippen LogP contribution in [0.3, 0.4) is 0 Å². The number of aromatic nitrogens is 2. The molecule has 15 aromatic rings. The summed E-state index contributed by atoms with van der Waals surface area (Å²) in [5.74, 6) is 0.331. The van der Waals surface area contributed by atoms with Gasteiger partial charge in [0.25, 0.3) is 6.71 Å². The van der Waals surface area contributed by atoms with Crippen LogP contribution in [0, 0.1) is 5.92 Å². The Morgan fingerprint density at radius 1 is 0.316 bits per heavy atom. The number of anilines is 15. The minimum atomic E-state index is -0.318. The maximum Gasteiger partial charge on any atom is 0.252 e. The van der Waals surface area contributed by atoms with Crippen LogP contribution in [0.5, 0.6) is 0 Å². The summed E-state index contributed by atoms with van der Waals surface area (Å²) >= 11 is 0. The van der Waals surface area contributed by atoms with Crippen molar-refractivity contribution in [3.05, 3.63) is 369 Å². The highest BCUT2D eigenvalue weighted by Crippen LogP contribution is 2.53. The number of benzene rings is 13. The number of fused-ring (bicyclic) bond motifs is 11. The number of para-hydroxylation sites is 11. The van der Waals surface area contributed by atoms with Crippen LogP contribution in [0.15, 0.2) is 358 Å². The Balaban J connectivity index is 0.923. The first-order chi connectivity index (χ1) is 48.7. The van der Waals surface area contributed by atoms with Crippen LogP contribution < -0.4 is 57.3 Å². The van der Waals surface area contributed by atoms with Gasteiger partial charge >= 0.3 is 0 Å². The third-order valence-electron chi connectivity index (χ3n) is 20.9. The third-order valence-corrected chi connectivity index (χ3v) is 20.9. The van der Waals surface area contributed by atoms with E-state index in [1.54, 1.807) is 0 Å². The Kier molecular flexibility index (Phi) is 12.8. The molecule has 9 heteroatoms. The topological polar surface area (TPSA) is 34.0 Å². The van der Waals surface area contributed by atoms with Gasteiger partial charge in [0.05, 0.1) is 16.7 Å². The van der Waals surface area contributed by atoms with E-state index in [4.69, 9.17) is 4.98 Å². The fraction of sp³-hybridized carbons (Fsp3) is 0.0225. The quantitative estimate of drug-likeness (QED) is 0.120. The van der Waals surface area contributed by atoms with E-state index in [9.17, 15) is 0 Å². The summed E-state index contributed by atoms with van der Waals surface area (Å²) in [7, 11) is 0. The Hall–Kier alpha value is -12.6. The van der Waals surface area contributed by atoms with Crippen LogP contribution in [0.25, 0.3) is 27.5 Å². The predicted molar refractivity (Wildman–Crippen MR) is 412 cm³/mol. The molecule has 2 atom stereocenters. The third kappa shape index (κ3) is 8.55. The molecule has 2 unspecified atom stereocenters. The van der Waals surface area contributed by atoms with Gasteiger partial charge < -0.3 is 24.2 Å². The second-order valence-corrected chi connectivity index (χ2v) is 26.1. The van der Waals surface area contributed by atoms with E-state index in [1.807, 2.05) is 0 Å². The zero-order valence-electron chi connectivity index (χ0n) is 53.5. The Morgan fingerprint density at radius 3 is 1.22 bits per heavy atom. The molecule has 2 aromatic heterocycles. The lowest BCUT2D eigenvalue weighted by atomic mass is 9.29. The van der Waals surface area contributed by atoms with Gasteiger partial charge in [0.1, 0.15) is 5.82 Å². The number of pyridine rings is 1. The van der Waals surface area contributed by atoms with E-state index < -0.39 is 0 Å². The highest BCUT2D eigenvalue weighted by atomic mass is 15.2. The molecular formula is C89H61B2N7. The fourth-order valence-electron chi connectivity index (χ4n) is 17.0. The summed E-state index contributed by atoms with van der Waals surface area (Å²) in [6, 6.07) is 125.